The standard InChI is InChI=1S/C17H16N2O/c1-2-18-17(20)16-11-14-10-13(8-9-15(14)19-16)12-6-4-3-5-7-12/h3-11,19H,2H2,1H3,(H,18,20). The van der Waals surface area contributed by atoms with E-state index in [1.807, 2.05) is 37.3 Å². The van der Waals surface area contributed by atoms with Gasteiger partial charge in [0.05, 0.1) is 0 Å². The maximum atomic E-state index is 11.8. The Labute approximate surface area is 117 Å². The van der Waals surface area contributed by atoms with Gasteiger partial charge < -0.3 is 10.3 Å². The van der Waals surface area contributed by atoms with Gasteiger partial charge in [-0.3, -0.25) is 4.79 Å². The van der Waals surface area contributed by atoms with Crippen molar-refractivity contribution in [1.82, 2.24) is 10.3 Å². The molecule has 0 unspecified atom stereocenters. The van der Waals surface area contributed by atoms with Gasteiger partial charge in [0.15, 0.2) is 0 Å². The molecule has 0 bridgehead atoms. The third-order valence-electron chi connectivity index (χ3n) is 3.31. The van der Waals surface area contributed by atoms with Crippen LogP contribution in [0.1, 0.15) is 17.4 Å². The van der Waals surface area contributed by atoms with Crippen LogP contribution >= 0.6 is 0 Å². The molecular weight excluding hydrogens is 248 g/mol. The van der Waals surface area contributed by atoms with Crippen LogP contribution in [0.4, 0.5) is 0 Å². The van der Waals surface area contributed by atoms with E-state index in [-0.39, 0.29) is 5.91 Å². The molecule has 0 aliphatic carbocycles. The van der Waals surface area contributed by atoms with Crippen LogP contribution in [0.3, 0.4) is 0 Å². The highest BCUT2D eigenvalue weighted by atomic mass is 16.1. The first kappa shape index (κ1) is 12.5. The second-order valence-corrected chi connectivity index (χ2v) is 4.71. The molecule has 20 heavy (non-hydrogen) atoms. The molecule has 3 heteroatoms. The predicted octanol–water partition coefficient (Wildman–Crippen LogP) is 3.58. The minimum atomic E-state index is -0.0649. The molecule has 3 aromatic rings. The Bertz CT molecular complexity index is 744. The molecule has 2 aromatic carbocycles. The SMILES string of the molecule is CCNC(=O)c1cc2cc(-c3ccccc3)ccc2[nH]1. The number of aromatic nitrogens is 1. The largest absolute Gasteiger partial charge is 0.351 e. The second-order valence-electron chi connectivity index (χ2n) is 4.71. The van der Waals surface area contributed by atoms with E-state index in [1.165, 1.54) is 5.56 Å². The van der Waals surface area contributed by atoms with Gasteiger partial charge in [-0.15, -0.1) is 0 Å². The zero-order valence-corrected chi connectivity index (χ0v) is 11.3. The summed E-state index contributed by atoms with van der Waals surface area (Å²) in [6.07, 6.45) is 0. The molecule has 1 aromatic heterocycles. The maximum Gasteiger partial charge on any atom is 0.267 e. The number of carbonyl (C=O) groups excluding carboxylic acids is 1. The topological polar surface area (TPSA) is 44.9 Å². The molecule has 0 spiro atoms. The Morgan fingerprint density at radius 2 is 1.85 bits per heavy atom. The average molecular weight is 264 g/mol. The minimum Gasteiger partial charge on any atom is -0.351 e. The molecule has 2 N–H and O–H groups in total. The maximum absolute atomic E-state index is 11.8. The molecular formula is C17H16N2O. The van der Waals surface area contributed by atoms with Gasteiger partial charge in [-0.1, -0.05) is 36.4 Å². The predicted molar refractivity (Wildman–Crippen MR) is 81.7 cm³/mol. The van der Waals surface area contributed by atoms with E-state index in [2.05, 4.69) is 34.6 Å². The van der Waals surface area contributed by atoms with E-state index < -0.39 is 0 Å². The fourth-order valence-electron chi connectivity index (χ4n) is 2.32. The van der Waals surface area contributed by atoms with Crippen molar-refractivity contribution in [2.75, 3.05) is 6.54 Å². The van der Waals surface area contributed by atoms with Crippen LogP contribution in [-0.4, -0.2) is 17.4 Å². The van der Waals surface area contributed by atoms with Gasteiger partial charge in [0, 0.05) is 17.4 Å². The lowest BCUT2D eigenvalue weighted by atomic mass is 10.0. The minimum absolute atomic E-state index is 0.0649. The summed E-state index contributed by atoms with van der Waals surface area (Å²) in [6.45, 7) is 2.54. The summed E-state index contributed by atoms with van der Waals surface area (Å²) in [5.41, 5.74) is 3.91. The fourth-order valence-corrected chi connectivity index (χ4v) is 2.32. The first-order valence-corrected chi connectivity index (χ1v) is 6.74. The van der Waals surface area contributed by atoms with Crippen LogP contribution in [0.2, 0.25) is 0 Å². The summed E-state index contributed by atoms with van der Waals surface area (Å²) >= 11 is 0. The number of carbonyl (C=O) groups is 1. The second kappa shape index (κ2) is 5.21. The Hall–Kier alpha value is -2.55. The molecule has 0 saturated carbocycles. The zero-order valence-electron chi connectivity index (χ0n) is 11.3. The van der Waals surface area contributed by atoms with Crippen LogP contribution < -0.4 is 5.32 Å². The number of hydrogen-bond donors (Lipinski definition) is 2. The van der Waals surface area contributed by atoms with Crippen molar-refractivity contribution in [3.63, 3.8) is 0 Å². The molecule has 3 nitrogen and oxygen atoms in total. The number of nitrogens with one attached hydrogen (secondary N) is 2. The molecule has 100 valence electrons. The van der Waals surface area contributed by atoms with Gasteiger partial charge in [0.2, 0.25) is 0 Å². The third kappa shape index (κ3) is 2.30. The molecule has 1 amide bonds. The van der Waals surface area contributed by atoms with Gasteiger partial charge in [-0.05, 0) is 36.2 Å². The lowest BCUT2D eigenvalue weighted by Gasteiger charge is -2.00. The van der Waals surface area contributed by atoms with E-state index in [0.29, 0.717) is 12.2 Å². The van der Waals surface area contributed by atoms with E-state index >= 15 is 0 Å². The number of benzene rings is 2. The number of hydrogen-bond acceptors (Lipinski definition) is 1. The van der Waals surface area contributed by atoms with Crippen molar-refractivity contribution in [3.8, 4) is 11.1 Å². The molecule has 0 radical (unpaired) electrons. The number of fused-ring (bicyclic) bond motifs is 1. The summed E-state index contributed by atoms with van der Waals surface area (Å²) in [4.78, 5) is 15.0. The summed E-state index contributed by atoms with van der Waals surface area (Å²) in [5.74, 6) is -0.0649. The van der Waals surface area contributed by atoms with Crippen molar-refractivity contribution in [2.45, 2.75) is 6.92 Å². The van der Waals surface area contributed by atoms with Crippen molar-refractivity contribution < 1.29 is 4.79 Å². The van der Waals surface area contributed by atoms with Crippen LogP contribution in [0.5, 0.6) is 0 Å². The van der Waals surface area contributed by atoms with E-state index in [4.69, 9.17) is 0 Å². The lowest BCUT2D eigenvalue weighted by molar-refractivity contribution is 0.0951. The Kier molecular flexibility index (Phi) is 3.25. The van der Waals surface area contributed by atoms with Crippen molar-refractivity contribution in [2.24, 2.45) is 0 Å². The third-order valence-corrected chi connectivity index (χ3v) is 3.31. The highest BCUT2D eigenvalue weighted by molar-refractivity contribution is 5.98. The van der Waals surface area contributed by atoms with Crippen LogP contribution in [0, 0.1) is 0 Å². The Morgan fingerprint density at radius 1 is 1.05 bits per heavy atom. The Balaban J connectivity index is 2.02. The summed E-state index contributed by atoms with van der Waals surface area (Å²) in [6, 6.07) is 18.3. The average Bonchev–Trinajstić information content (AvgIpc) is 2.91. The highest BCUT2D eigenvalue weighted by Gasteiger charge is 2.08. The zero-order chi connectivity index (χ0) is 13.9. The molecule has 0 aliphatic rings. The molecule has 3 rings (SSSR count). The quantitative estimate of drug-likeness (QED) is 0.746. The lowest BCUT2D eigenvalue weighted by Crippen LogP contribution is -2.22. The summed E-state index contributed by atoms with van der Waals surface area (Å²) < 4.78 is 0. The smallest absolute Gasteiger partial charge is 0.267 e. The normalized spacial score (nSPS) is 10.7. The van der Waals surface area contributed by atoms with Gasteiger partial charge in [0.25, 0.3) is 5.91 Å². The number of aromatic amines is 1. The van der Waals surface area contributed by atoms with E-state index in [0.717, 1.165) is 16.5 Å². The van der Waals surface area contributed by atoms with Crippen LogP contribution in [0.25, 0.3) is 22.0 Å². The number of H-pyrrole nitrogens is 1. The molecule has 0 atom stereocenters. The van der Waals surface area contributed by atoms with Gasteiger partial charge in [0.1, 0.15) is 5.69 Å². The van der Waals surface area contributed by atoms with Gasteiger partial charge in [-0.2, -0.15) is 0 Å². The van der Waals surface area contributed by atoms with E-state index in [1.54, 1.807) is 0 Å². The van der Waals surface area contributed by atoms with E-state index in [9.17, 15) is 4.79 Å². The van der Waals surface area contributed by atoms with Gasteiger partial charge in [-0.25, -0.2) is 0 Å². The highest BCUT2D eigenvalue weighted by Crippen LogP contribution is 2.24. The monoisotopic (exact) mass is 264 g/mol. The fraction of sp³-hybridized carbons (Fsp3) is 0.118. The molecule has 1 heterocycles. The van der Waals surface area contributed by atoms with Crippen LogP contribution in [0.15, 0.2) is 54.6 Å². The number of rotatable bonds is 3. The first-order chi connectivity index (χ1) is 9.78. The first-order valence-electron chi connectivity index (χ1n) is 6.74. The summed E-state index contributed by atoms with van der Waals surface area (Å²) in [7, 11) is 0. The Morgan fingerprint density at radius 3 is 2.60 bits per heavy atom. The molecule has 0 saturated heterocycles. The number of amides is 1. The van der Waals surface area contributed by atoms with Crippen molar-refractivity contribution in [3.05, 3.63) is 60.3 Å². The van der Waals surface area contributed by atoms with Crippen LogP contribution in [-0.2, 0) is 0 Å². The summed E-state index contributed by atoms with van der Waals surface area (Å²) in [5, 5.41) is 3.85. The van der Waals surface area contributed by atoms with Crippen molar-refractivity contribution in [1.29, 1.82) is 0 Å². The van der Waals surface area contributed by atoms with Crippen molar-refractivity contribution >= 4 is 16.8 Å². The van der Waals surface area contributed by atoms with Gasteiger partial charge >= 0.3 is 0 Å². The molecule has 0 aliphatic heterocycles. The molecule has 0 fully saturated rings.